The highest BCUT2D eigenvalue weighted by atomic mass is 16.5. The van der Waals surface area contributed by atoms with Gasteiger partial charge in [-0.15, -0.1) is 0 Å². The molecule has 108 valence electrons. The molecule has 1 heterocycles. The number of methoxy groups -OCH3 is 2. The lowest BCUT2D eigenvalue weighted by atomic mass is 9.98. The van der Waals surface area contributed by atoms with Gasteiger partial charge in [0.05, 0.1) is 14.2 Å². The topological polar surface area (TPSA) is 55.8 Å². The fourth-order valence-corrected chi connectivity index (χ4v) is 2.39. The molecular weight excluding hydrogens is 258 g/mol. The zero-order valence-corrected chi connectivity index (χ0v) is 11.8. The number of ether oxygens (including phenoxy) is 2. The first kappa shape index (κ1) is 14.4. The molecule has 1 saturated heterocycles. The number of carbonyl (C=O) groups excluding carboxylic acids is 2. The van der Waals surface area contributed by atoms with Crippen LogP contribution < -0.4 is 9.47 Å². The number of benzene rings is 1. The van der Waals surface area contributed by atoms with E-state index in [0.29, 0.717) is 30.2 Å². The zero-order chi connectivity index (χ0) is 14.5. The van der Waals surface area contributed by atoms with Crippen molar-refractivity contribution in [1.82, 2.24) is 4.90 Å². The average Bonchev–Trinajstić information content (AvgIpc) is 2.53. The standard InChI is InChI=1S/C15H19NO4/c1-19-13-4-3-12(9-14(13)20-2)15(18)16-7-5-11(10-17)6-8-16/h3-4,9-11H,5-8H2,1-2H3. The number of hydrogen-bond acceptors (Lipinski definition) is 4. The Labute approximate surface area is 118 Å². The highest BCUT2D eigenvalue weighted by molar-refractivity contribution is 5.95. The first-order valence-corrected chi connectivity index (χ1v) is 6.66. The number of piperidine rings is 1. The summed E-state index contributed by atoms with van der Waals surface area (Å²) in [6.45, 7) is 1.24. The lowest BCUT2D eigenvalue weighted by molar-refractivity contribution is -0.112. The smallest absolute Gasteiger partial charge is 0.253 e. The molecule has 0 bridgehead atoms. The Morgan fingerprint density at radius 2 is 1.85 bits per heavy atom. The third kappa shape index (κ3) is 2.92. The summed E-state index contributed by atoms with van der Waals surface area (Å²) < 4.78 is 10.4. The first-order valence-electron chi connectivity index (χ1n) is 6.66. The van der Waals surface area contributed by atoms with E-state index in [-0.39, 0.29) is 11.8 Å². The second kappa shape index (κ2) is 6.41. The van der Waals surface area contributed by atoms with E-state index in [1.807, 2.05) is 0 Å². The summed E-state index contributed by atoms with van der Waals surface area (Å²) in [5.41, 5.74) is 0.576. The molecule has 0 saturated carbocycles. The Bertz CT molecular complexity index is 493. The number of aldehydes is 1. The number of hydrogen-bond donors (Lipinski definition) is 0. The summed E-state index contributed by atoms with van der Waals surface area (Å²) in [7, 11) is 3.10. The van der Waals surface area contributed by atoms with Crippen LogP contribution in [0.15, 0.2) is 18.2 Å². The van der Waals surface area contributed by atoms with Crippen LogP contribution in [-0.4, -0.2) is 44.4 Å². The number of rotatable bonds is 4. The molecule has 1 amide bonds. The minimum atomic E-state index is -0.0321. The van der Waals surface area contributed by atoms with Crippen LogP contribution in [0.1, 0.15) is 23.2 Å². The van der Waals surface area contributed by atoms with E-state index in [0.717, 1.165) is 19.1 Å². The van der Waals surface area contributed by atoms with Crippen LogP contribution in [0.4, 0.5) is 0 Å². The van der Waals surface area contributed by atoms with Crippen molar-refractivity contribution in [3.05, 3.63) is 23.8 Å². The molecule has 0 N–H and O–H groups in total. The molecule has 2 rings (SSSR count). The normalized spacial score (nSPS) is 15.8. The molecule has 5 heteroatoms. The van der Waals surface area contributed by atoms with Crippen molar-refractivity contribution in [1.29, 1.82) is 0 Å². The van der Waals surface area contributed by atoms with E-state index in [4.69, 9.17) is 9.47 Å². The van der Waals surface area contributed by atoms with E-state index in [1.165, 1.54) is 0 Å². The van der Waals surface area contributed by atoms with Crippen molar-refractivity contribution in [2.24, 2.45) is 5.92 Å². The Morgan fingerprint density at radius 3 is 2.40 bits per heavy atom. The monoisotopic (exact) mass is 277 g/mol. The van der Waals surface area contributed by atoms with Crippen molar-refractivity contribution in [2.75, 3.05) is 27.3 Å². The highest BCUT2D eigenvalue weighted by Crippen LogP contribution is 2.28. The molecule has 1 aliphatic rings. The van der Waals surface area contributed by atoms with Crippen LogP contribution in [0.2, 0.25) is 0 Å². The number of nitrogens with zero attached hydrogens (tertiary/aromatic N) is 1. The van der Waals surface area contributed by atoms with Gasteiger partial charge in [0, 0.05) is 24.6 Å². The van der Waals surface area contributed by atoms with Gasteiger partial charge in [-0.2, -0.15) is 0 Å². The van der Waals surface area contributed by atoms with E-state index in [9.17, 15) is 9.59 Å². The summed E-state index contributed by atoms with van der Waals surface area (Å²) in [6, 6.07) is 5.15. The van der Waals surface area contributed by atoms with Crippen LogP contribution in [-0.2, 0) is 4.79 Å². The van der Waals surface area contributed by atoms with Crippen LogP contribution in [0, 0.1) is 5.92 Å². The molecule has 0 radical (unpaired) electrons. The van der Waals surface area contributed by atoms with Gasteiger partial charge in [0.2, 0.25) is 0 Å². The lowest BCUT2D eigenvalue weighted by Gasteiger charge is -2.29. The van der Waals surface area contributed by atoms with Gasteiger partial charge in [-0.25, -0.2) is 0 Å². The number of amides is 1. The lowest BCUT2D eigenvalue weighted by Crippen LogP contribution is -2.38. The van der Waals surface area contributed by atoms with Gasteiger partial charge >= 0.3 is 0 Å². The summed E-state index contributed by atoms with van der Waals surface area (Å²) in [5.74, 6) is 1.20. The van der Waals surface area contributed by atoms with Crippen molar-refractivity contribution >= 4 is 12.2 Å². The SMILES string of the molecule is COc1ccc(C(=O)N2CCC(C=O)CC2)cc1OC. The van der Waals surface area contributed by atoms with Crippen LogP contribution in [0.25, 0.3) is 0 Å². The van der Waals surface area contributed by atoms with Crippen molar-refractivity contribution in [3.8, 4) is 11.5 Å². The zero-order valence-electron chi connectivity index (χ0n) is 11.8. The molecule has 1 aromatic carbocycles. The van der Waals surface area contributed by atoms with Crippen molar-refractivity contribution in [3.63, 3.8) is 0 Å². The van der Waals surface area contributed by atoms with Crippen LogP contribution in [0.3, 0.4) is 0 Å². The van der Waals surface area contributed by atoms with E-state index < -0.39 is 0 Å². The summed E-state index contributed by atoms with van der Waals surface area (Å²) >= 11 is 0. The molecule has 0 atom stereocenters. The minimum absolute atomic E-state index is 0.0321. The molecule has 20 heavy (non-hydrogen) atoms. The molecule has 1 aliphatic heterocycles. The van der Waals surface area contributed by atoms with Gasteiger partial charge in [0.25, 0.3) is 5.91 Å². The Hall–Kier alpha value is -2.04. The molecule has 0 spiro atoms. The van der Waals surface area contributed by atoms with Gasteiger partial charge in [-0.05, 0) is 31.0 Å². The third-order valence-corrected chi connectivity index (χ3v) is 3.65. The number of likely N-dealkylation sites (tertiary alicyclic amines) is 1. The Balaban J connectivity index is 2.11. The van der Waals surface area contributed by atoms with Crippen molar-refractivity contribution < 1.29 is 19.1 Å². The molecule has 1 aromatic rings. The average molecular weight is 277 g/mol. The largest absolute Gasteiger partial charge is 0.493 e. The Morgan fingerprint density at radius 1 is 1.20 bits per heavy atom. The quantitative estimate of drug-likeness (QED) is 0.787. The predicted molar refractivity (Wildman–Crippen MR) is 74.2 cm³/mol. The maximum Gasteiger partial charge on any atom is 0.253 e. The van der Waals surface area contributed by atoms with Gasteiger partial charge in [-0.1, -0.05) is 0 Å². The predicted octanol–water partition coefficient (Wildman–Crippen LogP) is 1.75. The van der Waals surface area contributed by atoms with Gasteiger partial charge < -0.3 is 19.2 Å². The third-order valence-electron chi connectivity index (χ3n) is 3.65. The van der Waals surface area contributed by atoms with E-state index >= 15 is 0 Å². The summed E-state index contributed by atoms with van der Waals surface area (Å²) in [4.78, 5) is 24.9. The maximum absolute atomic E-state index is 12.4. The summed E-state index contributed by atoms with van der Waals surface area (Å²) in [6.07, 6.45) is 2.46. The minimum Gasteiger partial charge on any atom is -0.493 e. The summed E-state index contributed by atoms with van der Waals surface area (Å²) in [5, 5.41) is 0. The van der Waals surface area contributed by atoms with Gasteiger partial charge in [0.15, 0.2) is 11.5 Å². The van der Waals surface area contributed by atoms with E-state index in [1.54, 1.807) is 37.3 Å². The molecule has 1 fully saturated rings. The van der Waals surface area contributed by atoms with Crippen LogP contribution in [0.5, 0.6) is 11.5 Å². The Kier molecular flexibility index (Phi) is 4.61. The molecule has 0 unspecified atom stereocenters. The van der Waals surface area contributed by atoms with Crippen molar-refractivity contribution in [2.45, 2.75) is 12.8 Å². The first-order chi connectivity index (χ1) is 9.69. The molecule has 5 nitrogen and oxygen atoms in total. The van der Waals surface area contributed by atoms with Crippen LogP contribution >= 0.6 is 0 Å². The highest BCUT2D eigenvalue weighted by Gasteiger charge is 2.23. The molecule has 0 aromatic heterocycles. The fraction of sp³-hybridized carbons (Fsp3) is 0.467. The molecular formula is C15H19NO4. The number of carbonyl (C=O) groups is 2. The van der Waals surface area contributed by atoms with Gasteiger partial charge in [-0.3, -0.25) is 4.79 Å². The second-order valence-electron chi connectivity index (χ2n) is 4.84. The van der Waals surface area contributed by atoms with Gasteiger partial charge in [0.1, 0.15) is 6.29 Å². The molecule has 0 aliphatic carbocycles. The maximum atomic E-state index is 12.4. The fourth-order valence-electron chi connectivity index (χ4n) is 2.39. The van der Waals surface area contributed by atoms with E-state index in [2.05, 4.69) is 0 Å². The second-order valence-corrected chi connectivity index (χ2v) is 4.84.